The third-order valence-corrected chi connectivity index (χ3v) is 4.90. The number of carbonyl (C=O) groups is 1. The molecule has 0 aliphatic heterocycles. The van der Waals surface area contributed by atoms with Crippen molar-refractivity contribution in [3.63, 3.8) is 0 Å². The lowest BCUT2D eigenvalue weighted by Gasteiger charge is -2.13. The van der Waals surface area contributed by atoms with Gasteiger partial charge in [0.1, 0.15) is 0 Å². The predicted octanol–water partition coefficient (Wildman–Crippen LogP) is 5.57. The van der Waals surface area contributed by atoms with Crippen molar-refractivity contribution in [2.24, 2.45) is 0 Å². The number of nitrogens with one attached hydrogen (secondary N) is 1. The van der Waals surface area contributed by atoms with Crippen molar-refractivity contribution in [3.8, 4) is 11.4 Å². The van der Waals surface area contributed by atoms with E-state index in [1.165, 1.54) is 18.5 Å². The fourth-order valence-corrected chi connectivity index (χ4v) is 3.31. The molecule has 1 heterocycles. The molecule has 0 spiro atoms. The highest BCUT2D eigenvalue weighted by atomic mass is 19.4. The molecule has 5 nitrogen and oxygen atoms in total. The molecule has 1 aliphatic carbocycles. The summed E-state index contributed by atoms with van der Waals surface area (Å²) in [4.78, 5) is 20.0. The number of anilines is 2. The molecule has 154 valence electrons. The van der Waals surface area contributed by atoms with Gasteiger partial charge in [0.2, 0.25) is 0 Å². The Morgan fingerprint density at radius 2 is 1.80 bits per heavy atom. The molecule has 30 heavy (non-hydrogen) atoms. The summed E-state index contributed by atoms with van der Waals surface area (Å²) in [5.41, 5.74) is 2.40. The molecule has 0 unspecified atom stereocenters. The molecule has 1 fully saturated rings. The summed E-state index contributed by atoms with van der Waals surface area (Å²) in [6.07, 6.45) is -0.423. The van der Waals surface area contributed by atoms with Gasteiger partial charge in [-0.1, -0.05) is 30.3 Å². The van der Waals surface area contributed by atoms with E-state index in [1.807, 2.05) is 6.07 Å². The number of nitrogens with zero attached hydrogens (tertiary/aromatic N) is 2. The highest BCUT2D eigenvalue weighted by molar-refractivity contribution is 5.95. The number of aromatic nitrogens is 2. The highest BCUT2D eigenvalue weighted by Gasteiger charge is 2.29. The molecular weight excluding hydrogens is 395 g/mol. The van der Waals surface area contributed by atoms with Crippen LogP contribution in [0.1, 0.15) is 40.2 Å². The second kappa shape index (κ2) is 7.78. The fraction of sp³-hybridized carbons (Fsp3) is 0.227. The van der Waals surface area contributed by atoms with Gasteiger partial charge in [-0.3, -0.25) is 0 Å². The van der Waals surface area contributed by atoms with Gasteiger partial charge < -0.3 is 10.4 Å². The molecule has 4 rings (SSSR count). The van der Waals surface area contributed by atoms with Gasteiger partial charge in [0, 0.05) is 5.56 Å². The first kappa shape index (κ1) is 19.9. The topological polar surface area (TPSA) is 75.1 Å². The van der Waals surface area contributed by atoms with E-state index in [9.17, 15) is 23.1 Å². The zero-order chi connectivity index (χ0) is 21.3. The number of aromatic carboxylic acids is 1. The van der Waals surface area contributed by atoms with Gasteiger partial charge in [-0.2, -0.15) is 13.2 Å². The zero-order valence-electron chi connectivity index (χ0n) is 15.8. The first-order valence-corrected chi connectivity index (χ1v) is 9.41. The predicted molar refractivity (Wildman–Crippen MR) is 106 cm³/mol. The number of hydrogen-bond acceptors (Lipinski definition) is 4. The fourth-order valence-electron chi connectivity index (χ4n) is 3.31. The summed E-state index contributed by atoms with van der Waals surface area (Å²) < 4.78 is 38.5. The number of benzene rings is 2. The van der Waals surface area contributed by atoms with Crippen molar-refractivity contribution in [2.75, 3.05) is 5.32 Å². The Morgan fingerprint density at radius 1 is 1.10 bits per heavy atom. The van der Waals surface area contributed by atoms with Gasteiger partial charge in [-0.15, -0.1) is 0 Å². The molecule has 0 bridgehead atoms. The Kier molecular flexibility index (Phi) is 5.15. The van der Waals surface area contributed by atoms with Crippen molar-refractivity contribution in [3.05, 3.63) is 71.5 Å². The molecule has 8 heteroatoms. The molecule has 1 aliphatic rings. The lowest BCUT2D eigenvalue weighted by molar-refractivity contribution is -0.127. The van der Waals surface area contributed by atoms with Crippen molar-refractivity contribution >= 4 is 17.3 Å². The molecular formula is C22H18F3N3O2. The van der Waals surface area contributed by atoms with Crippen molar-refractivity contribution in [2.45, 2.75) is 31.4 Å². The van der Waals surface area contributed by atoms with Gasteiger partial charge in [0.25, 0.3) is 0 Å². The Morgan fingerprint density at radius 3 is 2.43 bits per heavy atom. The molecule has 0 amide bonds. The Balaban J connectivity index is 1.58. The van der Waals surface area contributed by atoms with E-state index in [4.69, 9.17) is 0 Å². The number of hydrogen-bond donors (Lipinski definition) is 2. The maximum Gasteiger partial charge on any atom is 0.393 e. The molecule has 2 N–H and O–H groups in total. The summed E-state index contributed by atoms with van der Waals surface area (Å²) in [5, 5.41) is 12.5. The summed E-state index contributed by atoms with van der Waals surface area (Å²) in [7, 11) is 0. The molecule has 0 atom stereocenters. The normalized spacial score (nSPS) is 13.8. The molecule has 0 radical (unpaired) electrons. The molecule has 0 saturated heterocycles. The van der Waals surface area contributed by atoms with Crippen LogP contribution in [0.2, 0.25) is 0 Å². The molecule has 3 aromatic rings. The quantitative estimate of drug-likeness (QED) is 0.553. The van der Waals surface area contributed by atoms with Crippen LogP contribution >= 0.6 is 0 Å². The second-order valence-corrected chi connectivity index (χ2v) is 7.25. The third kappa shape index (κ3) is 4.59. The van der Waals surface area contributed by atoms with E-state index in [-0.39, 0.29) is 17.0 Å². The van der Waals surface area contributed by atoms with E-state index in [2.05, 4.69) is 15.3 Å². The van der Waals surface area contributed by atoms with E-state index in [0.29, 0.717) is 22.9 Å². The van der Waals surface area contributed by atoms with Crippen LogP contribution in [0.25, 0.3) is 11.4 Å². The van der Waals surface area contributed by atoms with E-state index in [1.54, 1.807) is 30.3 Å². The summed E-state index contributed by atoms with van der Waals surface area (Å²) in [5.74, 6) is -0.446. The van der Waals surface area contributed by atoms with E-state index < -0.39 is 18.6 Å². The van der Waals surface area contributed by atoms with Crippen molar-refractivity contribution in [1.82, 2.24) is 9.97 Å². The smallest absolute Gasteiger partial charge is 0.393 e. The number of alkyl halides is 3. The van der Waals surface area contributed by atoms with Crippen LogP contribution in [0.3, 0.4) is 0 Å². The van der Waals surface area contributed by atoms with Crippen LogP contribution in [0.4, 0.5) is 24.5 Å². The van der Waals surface area contributed by atoms with Gasteiger partial charge in [-0.25, -0.2) is 14.8 Å². The highest BCUT2D eigenvalue weighted by Crippen LogP contribution is 2.41. The Hall–Kier alpha value is -3.42. The first-order chi connectivity index (χ1) is 14.3. The zero-order valence-corrected chi connectivity index (χ0v) is 15.8. The van der Waals surface area contributed by atoms with Gasteiger partial charge in [-0.05, 0) is 42.0 Å². The number of carboxylic acid groups (broad SMARTS) is 1. The number of carboxylic acids is 1. The summed E-state index contributed by atoms with van der Waals surface area (Å²) in [6.45, 7) is 0. The third-order valence-electron chi connectivity index (χ3n) is 4.90. The maximum absolute atomic E-state index is 12.8. The minimum Gasteiger partial charge on any atom is -0.478 e. The minimum atomic E-state index is -4.34. The number of rotatable bonds is 6. The van der Waals surface area contributed by atoms with Crippen LogP contribution in [0.15, 0.2) is 54.9 Å². The van der Waals surface area contributed by atoms with Crippen molar-refractivity contribution < 1.29 is 23.1 Å². The average Bonchev–Trinajstić information content (AvgIpc) is 3.53. The second-order valence-electron chi connectivity index (χ2n) is 7.25. The van der Waals surface area contributed by atoms with E-state index >= 15 is 0 Å². The maximum atomic E-state index is 12.8. The molecule has 2 aromatic carbocycles. The molecule has 1 aromatic heterocycles. The largest absolute Gasteiger partial charge is 0.478 e. The van der Waals surface area contributed by atoms with Crippen molar-refractivity contribution in [1.29, 1.82) is 0 Å². The van der Waals surface area contributed by atoms with Gasteiger partial charge >= 0.3 is 12.1 Å². The average molecular weight is 413 g/mol. The van der Waals surface area contributed by atoms with Gasteiger partial charge in [0.05, 0.1) is 35.8 Å². The number of halogens is 3. The monoisotopic (exact) mass is 413 g/mol. The van der Waals surface area contributed by atoms with Crippen LogP contribution in [-0.4, -0.2) is 27.2 Å². The minimum absolute atomic E-state index is 0.0922. The summed E-state index contributed by atoms with van der Waals surface area (Å²) >= 11 is 0. The SMILES string of the molecule is O=C(O)c1cc(C2CC2)ccc1Nc1cnc(-c2ccccc2CC(F)(F)F)nc1. The van der Waals surface area contributed by atoms with E-state index in [0.717, 1.165) is 18.4 Å². The Labute approximate surface area is 170 Å². The van der Waals surface area contributed by atoms with Crippen LogP contribution in [0, 0.1) is 0 Å². The Bertz CT molecular complexity index is 1080. The standard InChI is InChI=1S/C22H18F3N3O2/c23-22(24,25)10-15-3-1-2-4-17(15)20-26-11-16(12-27-20)28-19-8-7-14(13-5-6-13)9-18(19)21(29)30/h1-4,7-9,11-13,28H,5-6,10H2,(H,29,30). The first-order valence-electron chi connectivity index (χ1n) is 9.41. The van der Waals surface area contributed by atoms with Crippen LogP contribution < -0.4 is 5.32 Å². The van der Waals surface area contributed by atoms with Crippen LogP contribution in [-0.2, 0) is 6.42 Å². The lowest BCUT2D eigenvalue weighted by atomic mass is 10.0. The van der Waals surface area contributed by atoms with Gasteiger partial charge in [0.15, 0.2) is 5.82 Å². The van der Waals surface area contributed by atoms with Crippen LogP contribution in [0.5, 0.6) is 0 Å². The lowest BCUT2D eigenvalue weighted by Crippen LogP contribution is -2.12. The summed E-state index contributed by atoms with van der Waals surface area (Å²) in [6, 6.07) is 11.4. The molecule has 1 saturated carbocycles.